The Labute approximate surface area is 114 Å². The van der Waals surface area contributed by atoms with Gasteiger partial charge in [-0.05, 0) is 32.0 Å². The van der Waals surface area contributed by atoms with E-state index in [1.165, 1.54) is 0 Å². The maximum Gasteiger partial charge on any atom is 0.416 e. The number of halogens is 3. The number of amides is 1. The summed E-state index contributed by atoms with van der Waals surface area (Å²) in [6.07, 6.45) is -4.50. The van der Waals surface area contributed by atoms with Gasteiger partial charge in [0.1, 0.15) is 12.1 Å². The minimum absolute atomic E-state index is 0.157. The molecule has 1 amide bonds. The second kappa shape index (κ2) is 6.28. The number of hydrogen-bond acceptors (Lipinski definition) is 3. The van der Waals surface area contributed by atoms with Crippen molar-refractivity contribution in [1.29, 1.82) is 5.26 Å². The van der Waals surface area contributed by atoms with Gasteiger partial charge in [0.15, 0.2) is 0 Å². The maximum absolute atomic E-state index is 12.5. The summed E-state index contributed by atoms with van der Waals surface area (Å²) < 4.78 is 37.6. The molecule has 1 atom stereocenters. The van der Waals surface area contributed by atoms with Crippen LogP contribution in [0.4, 0.5) is 18.9 Å². The van der Waals surface area contributed by atoms with Gasteiger partial charge in [-0.15, -0.1) is 0 Å². The summed E-state index contributed by atoms with van der Waals surface area (Å²) in [4.78, 5) is 11.5. The minimum atomic E-state index is -4.50. The van der Waals surface area contributed by atoms with Crippen molar-refractivity contribution in [3.05, 3.63) is 29.3 Å². The van der Waals surface area contributed by atoms with Crippen molar-refractivity contribution in [2.45, 2.75) is 26.1 Å². The molecular weight excluding hydrogens is 271 g/mol. The number of rotatable bonds is 4. The van der Waals surface area contributed by atoms with Gasteiger partial charge in [-0.2, -0.15) is 18.4 Å². The fourth-order valence-electron chi connectivity index (χ4n) is 1.57. The first-order valence-corrected chi connectivity index (χ1v) is 5.95. The van der Waals surface area contributed by atoms with Crippen molar-refractivity contribution in [2.75, 3.05) is 11.9 Å². The quantitative estimate of drug-likeness (QED) is 0.893. The normalized spacial score (nSPS) is 12.4. The van der Waals surface area contributed by atoms with Crippen LogP contribution in [0.15, 0.2) is 18.2 Å². The van der Waals surface area contributed by atoms with Crippen LogP contribution in [-0.4, -0.2) is 18.5 Å². The molecule has 7 heteroatoms. The molecule has 1 aromatic rings. The molecule has 0 aliphatic carbocycles. The van der Waals surface area contributed by atoms with Crippen LogP contribution in [0.5, 0.6) is 0 Å². The lowest BCUT2D eigenvalue weighted by atomic mass is 10.1. The van der Waals surface area contributed by atoms with Crippen LogP contribution in [0, 0.1) is 11.3 Å². The molecule has 0 aliphatic heterocycles. The second-order valence-electron chi connectivity index (χ2n) is 4.13. The van der Waals surface area contributed by atoms with E-state index in [0.29, 0.717) is 6.54 Å². The van der Waals surface area contributed by atoms with E-state index in [9.17, 15) is 18.0 Å². The van der Waals surface area contributed by atoms with Gasteiger partial charge in [0.25, 0.3) is 0 Å². The zero-order valence-corrected chi connectivity index (χ0v) is 11.0. The lowest BCUT2D eigenvalue weighted by Crippen LogP contribution is -2.37. The molecule has 4 nitrogen and oxygen atoms in total. The van der Waals surface area contributed by atoms with E-state index in [0.717, 1.165) is 18.2 Å². The van der Waals surface area contributed by atoms with E-state index in [1.54, 1.807) is 19.9 Å². The van der Waals surface area contributed by atoms with Crippen molar-refractivity contribution in [3.63, 3.8) is 0 Å². The van der Waals surface area contributed by atoms with E-state index < -0.39 is 17.8 Å². The lowest BCUT2D eigenvalue weighted by molar-refractivity contribution is -0.137. The number of carbonyl (C=O) groups is 1. The largest absolute Gasteiger partial charge is 0.416 e. The Kier molecular flexibility index (Phi) is 4.97. The van der Waals surface area contributed by atoms with Gasteiger partial charge < -0.3 is 10.6 Å². The number of alkyl halides is 3. The predicted octanol–water partition coefficient (Wildman–Crippen LogP) is 2.51. The number of nitriles is 1. The molecule has 0 heterocycles. The Balaban J connectivity index is 2.97. The first-order chi connectivity index (χ1) is 9.29. The topological polar surface area (TPSA) is 64.9 Å². The predicted molar refractivity (Wildman–Crippen MR) is 67.9 cm³/mol. The van der Waals surface area contributed by atoms with Crippen molar-refractivity contribution < 1.29 is 18.0 Å². The number of nitrogens with zero attached hydrogens (tertiary/aromatic N) is 1. The van der Waals surface area contributed by atoms with Crippen LogP contribution >= 0.6 is 0 Å². The summed E-state index contributed by atoms with van der Waals surface area (Å²) in [5, 5.41) is 14.2. The molecule has 0 aromatic heterocycles. The second-order valence-corrected chi connectivity index (χ2v) is 4.13. The van der Waals surface area contributed by atoms with E-state index in [1.807, 2.05) is 0 Å². The molecule has 0 saturated heterocycles. The number of anilines is 1. The van der Waals surface area contributed by atoms with E-state index in [4.69, 9.17) is 5.26 Å². The standard InChI is InChI=1S/C13H14F3N3O/c1-3-18-12(20)8(2)19-11-5-4-10(13(14,15)16)6-9(11)7-17/h4-6,8,19H,3H2,1-2H3,(H,18,20). The molecule has 108 valence electrons. The molecule has 2 N–H and O–H groups in total. The number of nitrogens with one attached hydrogen (secondary N) is 2. The minimum Gasteiger partial charge on any atom is -0.373 e. The third kappa shape index (κ3) is 3.88. The number of likely N-dealkylation sites (N-methyl/N-ethyl adjacent to an activating group) is 1. The highest BCUT2D eigenvalue weighted by molar-refractivity contribution is 5.84. The van der Waals surface area contributed by atoms with Crippen LogP contribution in [0.1, 0.15) is 25.0 Å². The average Bonchev–Trinajstić information content (AvgIpc) is 2.38. The van der Waals surface area contributed by atoms with Gasteiger partial charge in [0.05, 0.1) is 16.8 Å². The lowest BCUT2D eigenvalue weighted by Gasteiger charge is -2.16. The Morgan fingerprint density at radius 3 is 2.60 bits per heavy atom. The van der Waals surface area contributed by atoms with Gasteiger partial charge in [0, 0.05) is 6.54 Å². The Morgan fingerprint density at radius 2 is 2.10 bits per heavy atom. The summed E-state index contributed by atoms with van der Waals surface area (Å²) in [5.41, 5.74) is -0.861. The fourth-order valence-corrected chi connectivity index (χ4v) is 1.57. The van der Waals surface area contributed by atoms with E-state index >= 15 is 0 Å². The molecule has 1 rings (SSSR count). The van der Waals surface area contributed by atoms with Gasteiger partial charge in [0.2, 0.25) is 5.91 Å². The highest BCUT2D eigenvalue weighted by atomic mass is 19.4. The highest BCUT2D eigenvalue weighted by Crippen LogP contribution is 2.31. The van der Waals surface area contributed by atoms with Crippen molar-refractivity contribution in [3.8, 4) is 6.07 Å². The summed E-state index contributed by atoms with van der Waals surface area (Å²) in [6.45, 7) is 3.76. The fraction of sp³-hybridized carbons (Fsp3) is 0.385. The molecule has 0 aliphatic rings. The van der Waals surface area contributed by atoms with Gasteiger partial charge in [-0.25, -0.2) is 0 Å². The number of benzene rings is 1. The van der Waals surface area contributed by atoms with Crippen LogP contribution < -0.4 is 10.6 Å². The van der Waals surface area contributed by atoms with Crippen LogP contribution in [0.2, 0.25) is 0 Å². The third-order valence-electron chi connectivity index (χ3n) is 2.58. The van der Waals surface area contributed by atoms with Crippen molar-refractivity contribution in [2.24, 2.45) is 0 Å². The number of carbonyl (C=O) groups excluding carboxylic acids is 1. The van der Waals surface area contributed by atoms with Crippen LogP contribution in [0.25, 0.3) is 0 Å². The number of hydrogen-bond donors (Lipinski definition) is 2. The average molecular weight is 285 g/mol. The molecule has 0 bridgehead atoms. The summed E-state index contributed by atoms with van der Waals surface area (Å²) in [6, 6.07) is 3.81. The third-order valence-corrected chi connectivity index (χ3v) is 2.58. The molecule has 0 spiro atoms. The molecule has 0 saturated carbocycles. The molecule has 1 aromatic carbocycles. The molecule has 0 radical (unpaired) electrons. The Bertz CT molecular complexity index is 535. The SMILES string of the molecule is CCNC(=O)C(C)Nc1ccc(C(F)(F)F)cc1C#N. The van der Waals surface area contributed by atoms with Gasteiger partial charge >= 0.3 is 6.18 Å². The highest BCUT2D eigenvalue weighted by Gasteiger charge is 2.31. The van der Waals surface area contributed by atoms with Gasteiger partial charge in [-0.3, -0.25) is 4.79 Å². The summed E-state index contributed by atoms with van der Waals surface area (Å²) >= 11 is 0. The maximum atomic E-state index is 12.5. The molecule has 20 heavy (non-hydrogen) atoms. The van der Waals surface area contributed by atoms with Crippen LogP contribution in [0.3, 0.4) is 0 Å². The Hall–Kier alpha value is -2.23. The first kappa shape index (κ1) is 15.8. The zero-order chi connectivity index (χ0) is 15.3. The first-order valence-electron chi connectivity index (χ1n) is 5.95. The molecular formula is C13H14F3N3O. The molecule has 1 unspecified atom stereocenters. The molecule has 0 fully saturated rings. The van der Waals surface area contributed by atoms with E-state index in [2.05, 4.69) is 10.6 Å². The van der Waals surface area contributed by atoms with Crippen LogP contribution in [-0.2, 0) is 11.0 Å². The van der Waals surface area contributed by atoms with E-state index in [-0.39, 0.29) is 17.2 Å². The van der Waals surface area contributed by atoms with Crippen molar-refractivity contribution >= 4 is 11.6 Å². The van der Waals surface area contributed by atoms with Crippen molar-refractivity contribution in [1.82, 2.24) is 5.32 Å². The summed E-state index contributed by atoms with van der Waals surface area (Å²) in [7, 11) is 0. The smallest absolute Gasteiger partial charge is 0.373 e. The monoisotopic (exact) mass is 285 g/mol. The zero-order valence-electron chi connectivity index (χ0n) is 11.0. The van der Waals surface area contributed by atoms with Gasteiger partial charge in [-0.1, -0.05) is 0 Å². The Morgan fingerprint density at radius 1 is 1.45 bits per heavy atom. The summed E-state index contributed by atoms with van der Waals surface area (Å²) in [5.74, 6) is -0.295.